The zero-order valence-electron chi connectivity index (χ0n) is 12.3. The van der Waals surface area contributed by atoms with Crippen molar-refractivity contribution in [2.45, 2.75) is 40.2 Å². The summed E-state index contributed by atoms with van der Waals surface area (Å²) in [7, 11) is 1.68. The Balaban J connectivity index is 4.18. The van der Waals surface area contributed by atoms with Crippen LogP contribution in [0.25, 0.3) is 0 Å². The fourth-order valence-corrected chi connectivity index (χ4v) is 1.81. The van der Waals surface area contributed by atoms with Crippen LogP contribution in [0.2, 0.25) is 0 Å². The Hall–Kier alpha value is -1.10. The molecule has 0 saturated heterocycles. The summed E-state index contributed by atoms with van der Waals surface area (Å²) in [6.07, 6.45) is 0.426. The maximum atomic E-state index is 11.9. The molecule has 0 aromatic heterocycles. The summed E-state index contributed by atoms with van der Waals surface area (Å²) >= 11 is 0. The minimum Gasteiger partial charge on any atom is -0.342 e. The molecule has 0 fully saturated rings. The Bertz CT molecular complexity index is 265. The molecule has 5 nitrogen and oxygen atoms in total. The van der Waals surface area contributed by atoms with Gasteiger partial charge in [-0.15, -0.1) is 0 Å². The Morgan fingerprint density at radius 3 is 2.11 bits per heavy atom. The van der Waals surface area contributed by atoms with Gasteiger partial charge in [-0.3, -0.25) is 9.59 Å². The molecule has 2 amide bonds. The van der Waals surface area contributed by atoms with Gasteiger partial charge >= 0.3 is 0 Å². The van der Waals surface area contributed by atoms with Crippen LogP contribution in [0.15, 0.2) is 0 Å². The highest BCUT2D eigenvalue weighted by molar-refractivity contribution is 5.84. The summed E-state index contributed by atoms with van der Waals surface area (Å²) in [5.74, 6) is 0.0101. The molecule has 0 heterocycles. The van der Waals surface area contributed by atoms with Crippen LogP contribution >= 0.6 is 0 Å². The Kier molecular flexibility index (Phi) is 8.37. The van der Waals surface area contributed by atoms with E-state index in [0.29, 0.717) is 19.5 Å². The van der Waals surface area contributed by atoms with E-state index in [1.807, 2.05) is 27.7 Å². The van der Waals surface area contributed by atoms with Crippen LogP contribution in [-0.2, 0) is 9.59 Å². The largest absolute Gasteiger partial charge is 0.342 e. The predicted octanol–water partition coefficient (Wildman–Crippen LogP) is 0.701. The number of hydrogen-bond donors (Lipinski definition) is 1. The number of carbonyl (C=O) groups excluding carboxylic acids is 2. The highest BCUT2D eigenvalue weighted by atomic mass is 16.2. The number of nitrogens with one attached hydrogen (secondary N) is 1. The van der Waals surface area contributed by atoms with Crippen LogP contribution in [0.4, 0.5) is 0 Å². The third-order valence-corrected chi connectivity index (χ3v) is 2.95. The molecule has 5 heteroatoms. The van der Waals surface area contributed by atoms with Crippen molar-refractivity contribution in [3.05, 3.63) is 0 Å². The Morgan fingerprint density at radius 2 is 1.67 bits per heavy atom. The number of carbonyl (C=O) groups is 2. The molecule has 0 rings (SSSR count). The van der Waals surface area contributed by atoms with Crippen molar-refractivity contribution in [2.24, 2.45) is 0 Å². The predicted molar refractivity (Wildman–Crippen MR) is 73.3 cm³/mol. The Labute approximate surface area is 111 Å². The molecule has 1 unspecified atom stereocenters. The maximum Gasteiger partial charge on any atom is 0.242 e. The van der Waals surface area contributed by atoms with Crippen LogP contribution in [0.1, 0.15) is 34.1 Å². The first-order chi connectivity index (χ1) is 8.46. The molecule has 18 heavy (non-hydrogen) atoms. The van der Waals surface area contributed by atoms with Gasteiger partial charge in [0.2, 0.25) is 11.8 Å². The van der Waals surface area contributed by atoms with Crippen molar-refractivity contribution >= 4 is 11.8 Å². The van der Waals surface area contributed by atoms with E-state index in [1.54, 1.807) is 11.9 Å². The molecule has 0 aliphatic rings. The molecule has 0 saturated carbocycles. The van der Waals surface area contributed by atoms with E-state index in [2.05, 4.69) is 5.32 Å². The van der Waals surface area contributed by atoms with Crippen molar-refractivity contribution in [3.63, 3.8) is 0 Å². The molecule has 0 bridgehead atoms. The summed E-state index contributed by atoms with van der Waals surface area (Å²) < 4.78 is 0. The lowest BCUT2D eigenvalue weighted by atomic mass is 10.2. The molecule has 0 aliphatic heterocycles. The Morgan fingerprint density at radius 1 is 1.11 bits per heavy atom. The summed E-state index contributed by atoms with van der Waals surface area (Å²) in [4.78, 5) is 27.0. The van der Waals surface area contributed by atoms with E-state index >= 15 is 0 Å². The second kappa shape index (κ2) is 8.91. The van der Waals surface area contributed by atoms with Gasteiger partial charge in [-0.2, -0.15) is 0 Å². The van der Waals surface area contributed by atoms with Crippen molar-refractivity contribution in [1.29, 1.82) is 0 Å². The zero-order valence-corrected chi connectivity index (χ0v) is 12.3. The van der Waals surface area contributed by atoms with Crippen molar-refractivity contribution in [1.82, 2.24) is 15.1 Å². The maximum absolute atomic E-state index is 11.9. The van der Waals surface area contributed by atoms with Crippen molar-refractivity contribution in [2.75, 3.05) is 33.2 Å². The van der Waals surface area contributed by atoms with E-state index < -0.39 is 0 Å². The first kappa shape index (κ1) is 16.9. The standard InChI is InChI=1S/C13H27N3O2/c1-6-14-11(4)9-12(17)15(5)10-13(18)16(7-2)8-3/h11,14H,6-10H2,1-5H3. The van der Waals surface area contributed by atoms with E-state index in [0.717, 1.165) is 6.54 Å². The van der Waals surface area contributed by atoms with Crippen molar-refractivity contribution < 1.29 is 9.59 Å². The smallest absolute Gasteiger partial charge is 0.242 e. The third-order valence-electron chi connectivity index (χ3n) is 2.95. The molecule has 0 spiro atoms. The SMILES string of the molecule is CCNC(C)CC(=O)N(C)CC(=O)N(CC)CC. The van der Waals surface area contributed by atoms with Gasteiger partial charge in [0.25, 0.3) is 0 Å². The lowest BCUT2D eigenvalue weighted by Gasteiger charge is -2.24. The summed E-state index contributed by atoms with van der Waals surface area (Å²) in [6.45, 7) is 10.2. The minimum absolute atomic E-state index is 0.00366. The normalized spacial score (nSPS) is 12.1. The van der Waals surface area contributed by atoms with E-state index in [4.69, 9.17) is 0 Å². The minimum atomic E-state index is 0.00366. The molecule has 1 atom stereocenters. The highest BCUT2D eigenvalue weighted by Gasteiger charge is 2.17. The van der Waals surface area contributed by atoms with Crippen molar-refractivity contribution in [3.8, 4) is 0 Å². The second-order valence-electron chi connectivity index (χ2n) is 4.48. The van der Waals surface area contributed by atoms with Gasteiger partial charge in [0.1, 0.15) is 0 Å². The summed E-state index contributed by atoms with van der Waals surface area (Å²) in [6, 6.07) is 0.147. The van der Waals surface area contributed by atoms with E-state index in [1.165, 1.54) is 4.90 Å². The zero-order chi connectivity index (χ0) is 14.1. The molecule has 0 radical (unpaired) electrons. The number of rotatable bonds is 8. The summed E-state index contributed by atoms with van der Waals surface area (Å²) in [5, 5.41) is 3.19. The van der Waals surface area contributed by atoms with Crippen LogP contribution in [0.5, 0.6) is 0 Å². The average Bonchev–Trinajstić information content (AvgIpc) is 2.30. The number of amides is 2. The van der Waals surface area contributed by atoms with Crippen LogP contribution in [-0.4, -0.2) is 60.9 Å². The number of hydrogen-bond acceptors (Lipinski definition) is 3. The highest BCUT2D eigenvalue weighted by Crippen LogP contribution is 1.98. The molecule has 1 N–H and O–H groups in total. The lowest BCUT2D eigenvalue weighted by Crippen LogP contribution is -2.42. The van der Waals surface area contributed by atoms with Crippen LogP contribution < -0.4 is 5.32 Å². The van der Waals surface area contributed by atoms with Gasteiger partial charge in [-0.25, -0.2) is 0 Å². The fourth-order valence-electron chi connectivity index (χ4n) is 1.81. The molecule has 0 aromatic rings. The first-order valence-corrected chi connectivity index (χ1v) is 6.71. The van der Waals surface area contributed by atoms with E-state index in [-0.39, 0.29) is 24.4 Å². The fraction of sp³-hybridized carbons (Fsp3) is 0.846. The monoisotopic (exact) mass is 257 g/mol. The van der Waals surface area contributed by atoms with Crippen LogP contribution in [0.3, 0.4) is 0 Å². The van der Waals surface area contributed by atoms with Gasteiger partial charge in [-0.1, -0.05) is 6.92 Å². The first-order valence-electron chi connectivity index (χ1n) is 6.71. The van der Waals surface area contributed by atoms with Crippen LogP contribution in [0, 0.1) is 0 Å². The van der Waals surface area contributed by atoms with Gasteiger partial charge in [-0.05, 0) is 27.3 Å². The number of nitrogens with zero attached hydrogens (tertiary/aromatic N) is 2. The van der Waals surface area contributed by atoms with Gasteiger partial charge < -0.3 is 15.1 Å². The molecule has 106 valence electrons. The average molecular weight is 257 g/mol. The lowest BCUT2D eigenvalue weighted by molar-refractivity contribution is -0.139. The summed E-state index contributed by atoms with van der Waals surface area (Å²) in [5.41, 5.74) is 0. The number of likely N-dealkylation sites (N-methyl/N-ethyl adjacent to an activating group) is 2. The quantitative estimate of drug-likeness (QED) is 0.696. The van der Waals surface area contributed by atoms with Gasteiger partial charge in [0.05, 0.1) is 6.54 Å². The van der Waals surface area contributed by atoms with Gasteiger partial charge in [0, 0.05) is 32.6 Å². The molecule has 0 aromatic carbocycles. The molecular weight excluding hydrogens is 230 g/mol. The van der Waals surface area contributed by atoms with E-state index in [9.17, 15) is 9.59 Å². The molecular formula is C13H27N3O2. The second-order valence-corrected chi connectivity index (χ2v) is 4.48. The third kappa shape index (κ3) is 6.00. The topological polar surface area (TPSA) is 52.7 Å². The van der Waals surface area contributed by atoms with Gasteiger partial charge in [0.15, 0.2) is 0 Å². The molecule has 0 aliphatic carbocycles.